The van der Waals surface area contributed by atoms with Gasteiger partial charge in [0.15, 0.2) is 5.78 Å². The van der Waals surface area contributed by atoms with Crippen molar-refractivity contribution in [3.05, 3.63) is 48.3 Å². The molecule has 2 aromatic carbocycles. The summed E-state index contributed by atoms with van der Waals surface area (Å²) < 4.78 is 12.8. The minimum absolute atomic E-state index is 0.0133. The van der Waals surface area contributed by atoms with Gasteiger partial charge >= 0.3 is 0 Å². The van der Waals surface area contributed by atoms with Gasteiger partial charge < -0.3 is 18.9 Å². The van der Waals surface area contributed by atoms with Crippen LogP contribution in [0.15, 0.2) is 42.5 Å². The van der Waals surface area contributed by atoms with E-state index in [9.17, 15) is 9.59 Å². The Kier molecular flexibility index (Phi) is 5.20. The van der Waals surface area contributed by atoms with E-state index in [0.29, 0.717) is 30.2 Å². The van der Waals surface area contributed by atoms with Crippen LogP contribution in [-0.2, 0) is 9.59 Å². The molecular formula is C23H25N3O4. The van der Waals surface area contributed by atoms with Crippen LogP contribution >= 0.6 is 0 Å². The monoisotopic (exact) mass is 407 g/mol. The minimum Gasteiger partial charge on any atom is -0.497 e. The first-order valence-electron chi connectivity index (χ1n) is 9.94. The Balaban J connectivity index is 1.76. The van der Waals surface area contributed by atoms with E-state index in [0.717, 1.165) is 16.9 Å². The van der Waals surface area contributed by atoms with E-state index in [1.54, 1.807) is 44.2 Å². The van der Waals surface area contributed by atoms with Gasteiger partial charge in [-0.3, -0.25) is 9.59 Å². The van der Waals surface area contributed by atoms with Crippen LogP contribution in [-0.4, -0.2) is 42.0 Å². The molecule has 30 heavy (non-hydrogen) atoms. The molecule has 0 aliphatic carbocycles. The quantitative estimate of drug-likeness (QED) is 0.623. The molecule has 2 heterocycles. The second-order valence-electron chi connectivity index (χ2n) is 7.56. The Morgan fingerprint density at radius 2 is 1.93 bits per heavy atom. The number of methoxy groups -OCH3 is 2. The van der Waals surface area contributed by atoms with E-state index in [4.69, 9.17) is 14.5 Å². The molecule has 1 aliphatic heterocycles. The normalized spacial score (nSPS) is 17.4. The van der Waals surface area contributed by atoms with Crippen LogP contribution in [0.3, 0.4) is 0 Å². The summed E-state index contributed by atoms with van der Waals surface area (Å²) in [6, 6.07) is 12.8. The third kappa shape index (κ3) is 3.30. The summed E-state index contributed by atoms with van der Waals surface area (Å²) in [5, 5.41) is 0. The number of aromatic nitrogens is 2. The smallest absolute Gasteiger partial charge is 0.227 e. The number of hydrogen-bond donors (Lipinski definition) is 0. The zero-order chi connectivity index (χ0) is 21.4. The van der Waals surface area contributed by atoms with E-state index in [2.05, 4.69) is 0 Å². The maximum Gasteiger partial charge on any atom is 0.227 e. The van der Waals surface area contributed by atoms with Gasteiger partial charge in [0, 0.05) is 24.9 Å². The molecule has 1 aliphatic rings. The van der Waals surface area contributed by atoms with Gasteiger partial charge in [-0.25, -0.2) is 4.98 Å². The molecule has 1 amide bonds. The first-order chi connectivity index (χ1) is 14.4. The zero-order valence-corrected chi connectivity index (χ0v) is 17.6. The van der Waals surface area contributed by atoms with Crippen LogP contribution in [0.1, 0.15) is 38.1 Å². The number of rotatable bonds is 6. The highest BCUT2D eigenvalue weighted by atomic mass is 16.5. The number of hydrogen-bond acceptors (Lipinski definition) is 5. The molecule has 0 spiro atoms. The summed E-state index contributed by atoms with van der Waals surface area (Å²) in [7, 11) is 3.17. The maximum atomic E-state index is 13.0. The SMILES string of the molecule is COc1ccc(OC)c(N2CC(c3nc4ccccc4n3C(C)C(C)=O)CC2=O)c1. The number of anilines is 1. The summed E-state index contributed by atoms with van der Waals surface area (Å²) in [6.07, 6.45) is 0.314. The Bertz CT molecular complexity index is 1120. The predicted molar refractivity (Wildman–Crippen MR) is 114 cm³/mol. The highest BCUT2D eigenvalue weighted by Crippen LogP contribution is 2.39. The molecule has 0 bridgehead atoms. The van der Waals surface area contributed by atoms with E-state index in [1.165, 1.54) is 0 Å². The molecule has 7 heteroatoms. The number of amides is 1. The minimum atomic E-state index is -0.358. The van der Waals surface area contributed by atoms with Crippen molar-refractivity contribution in [2.75, 3.05) is 25.7 Å². The third-order valence-electron chi connectivity index (χ3n) is 5.77. The Hall–Kier alpha value is -3.35. The summed E-state index contributed by atoms with van der Waals surface area (Å²) >= 11 is 0. The Morgan fingerprint density at radius 1 is 1.17 bits per heavy atom. The van der Waals surface area contributed by atoms with E-state index < -0.39 is 0 Å². The Morgan fingerprint density at radius 3 is 2.63 bits per heavy atom. The number of ether oxygens (including phenoxy) is 2. The molecule has 4 rings (SSSR count). The van der Waals surface area contributed by atoms with Gasteiger partial charge in [-0.15, -0.1) is 0 Å². The summed E-state index contributed by atoms with van der Waals surface area (Å²) in [6.45, 7) is 3.91. The molecule has 1 fully saturated rings. The largest absolute Gasteiger partial charge is 0.497 e. The number of benzene rings is 2. The van der Waals surface area contributed by atoms with Crippen molar-refractivity contribution in [1.82, 2.24) is 9.55 Å². The fourth-order valence-corrected chi connectivity index (χ4v) is 4.06. The molecule has 0 saturated carbocycles. The lowest BCUT2D eigenvalue weighted by Gasteiger charge is -2.21. The molecule has 156 valence electrons. The maximum absolute atomic E-state index is 13.0. The molecule has 1 saturated heterocycles. The number of para-hydroxylation sites is 2. The van der Waals surface area contributed by atoms with Crippen molar-refractivity contribution in [2.24, 2.45) is 0 Å². The van der Waals surface area contributed by atoms with Gasteiger partial charge in [-0.05, 0) is 38.1 Å². The van der Waals surface area contributed by atoms with Crippen LogP contribution in [0.2, 0.25) is 0 Å². The number of ketones is 1. The molecule has 2 unspecified atom stereocenters. The Labute approximate surface area is 175 Å². The average molecular weight is 407 g/mol. The third-order valence-corrected chi connectivity index (χ3v) is 5.77. The number of fused-ring (bicyclic) bond motifs is 1. The van der Waals surface area contributed by atoms with Crippen molar-refractivity contribution < 1.29 is 19.1 Å². The van der Waals surface area contributed by atoms with Crippen molar-refractivity contribution >= 4 is 28.4 Å². The van der Waals surface area contributed by atoms with Crippen LogP contribution < -0.4 is 14.4 Å². The van der Waals surface area contributed by atoms with Crippen molar-refractivity contribution in [2.45, 2.75) is 32.2 Å². The first kappa shape index (κ1) is 19.9. The second kappa shape index (κ2) is 7.82. The number of carbonyl (C=O) groups is 2. The molecule has 1 aromatic heterocycles. The van der Waals surface area contributed by atoms with Gasteiger partial charge in [0.05, 0.1) is 37.0 Å². The van der Waals surface area contributed by atoms with Gasteiger partial charge in [-0.1, -0.05) is 12.1 Å². The highest BCUT2D eigenvalue weighted by molar-refractivity contribution is 5.98. The fraction of sp³-hybridized carbons (Fsp3) is 0.348. The molecule has 7 nitrogen and oxygen atoms in total. The van der Waals surface area contributed by atoms with Gasteiger partial charge in [0.25, 0.3) is 0 Å². The van der Waals surface area contributed by atoms with E-state index in [1.807, 2.05) is 35.8 Å². The lowest BCUT2D eigenvalue weighted by Crippen LogP contribution is -2.25. The summed E-state index contributed by atoms with van der Waals surface area (Å²) in [5.74, 6) is 1.92. The standard InChI is InChI=1S/C23H25N3O4/c1-14(15(2)27)26-19-8-6-5-7-18(19)24-23(26)16-11-22(28)25(13-16)20-12-17(29-3)9-10-21(20)30-4/h5-10,12,14,16H,11,13H2,1-4H3. The molecule has 0 N–H and O–H groups in total. The second-order valence-corrected chi connectivity index (χ2v) is 7.56. The van der Waals surface area contributed by atoms with Crippen LogP contribution in [0.25, 0.3) is 11.0 Å². The fourth-order valence-electron chi connectivity index (χ4n) is 4.06. The van der Waals surface area contributed by atoms with Gasteiger partial charge in [0.1, 0.15) is 17.3 Å². The van der Waals surface area contributed by atoms with E-state index >= 15 is 0 Å². The lowest BCUT2D eigenvalue weighted by molar-refractivity contribution is -0.119. The molecule has 3 aromatic rings. The highest BCUT2D eigenvalue weighted by Gasteiger charge is 2.37. The zero-order valence-electron chi connectivity index (χ0n) is 17.6. The van der Waals surface area contributed by atoms with Crippen molar-refractivity contribution in [3.8, 4) is 11.5 Å². The summed E-state index contributed by atoms with van der Waals surface area (Å²) in [4.78, 5) is 31.7. The van der Waals surface area contributed by atoms with Gasteiger partial charge in [0.2, 0.25) is 5.91 Å². The number of imidazole rings is 1. The van der Waals surface area contributed by atoms with Gasteiger partial charge in [-0.2, -0.15) is 0 Å². The van der Waals surface area contributed by atoms with E-state index in [-0.39, 0.29) is 23.7 Å². The molecular weight excluding hydrogens is 382 g/mol. The number of nitrogens with zero attached hydrogens (tertiary/aromatic N) is 3. The van der Waals surface area contributed by atoms with Crippen molar-refractivity contribution in [1.29, 1.82) is 0 Å². The number of carbonyl (C=O) groups excluding carboxylic acids is 2. The van der Waals surface area contributed by atoms with Crippen LogP contribution in [0.4, 0.5) is 5.69 Å². The molecule has 0 radical (unpaired) electrons. The molecule has 2 atom stereocenters. The average Bonchev–Trinajstić information content (AvgIpc) is 3.33. The van der Waals surface area contributed by atoms with Crippen LogP contribution in [0, 0.1) is 0 Å². The topological polar surface area (TPSA) is 73.7 Å². The predicted octanol–water partition coefficient (Wildman–Crippen LogP) is 3.72. The lowest BCUT2D eigenvalue weighted by atomic mass is 10.1. The summed E-state index contributed by atoms with van der Waals surface area (Å²) in [5.41, 5.74) is 2.40. The van der Waals surface area contributed by atoms with Crippen molar-refractivity contribution in [3.63, 3.8) is 0 Å². The number of Topliss-reactive ketones (excluding diaryl/α,β-unsaturated/α-hetero) is 1. The van der Waals surface area contributed by atoms with Crippen LogP contribution in [0.5, 0.6) is 11.5 Å². The first-order valence-corrected chi connectivity index (χ1v) is 9.94.